The van der Waals surface area contributed by atoms with Crippen molar-refractivity contribution in [1.29, 1.82) is 0 Å². The zero-order valence-electron chi connectivity index (χ0n) is 11.4. The van der Waals surface area contributed by atoms with Gasteiger partial charge in [-0.3, -0.25) is 9.58 Å². The summed E-state index contributed by atoms with van der Waals surface area (Å²) in [5.74, 6) is 0. The van der Waals surface area contributed by atoms with E-state index in [0.717, 1.165) is 31.0 Å². The third-order valence-electron chi connectivity index (χ3n) is 3.00. The Morgan fingerprint density at radius 2 is 1.89 bits per heavy atom. The summed E-state index contributed by atoms with van der Waals surface area (Å²) < 4.78 is 1.87. The van der Waals surface area contributed by atoms with Crippen LogP contribution in [0.15, 0.2) is 25.3 Å². The van der Waals surface area contributed by atoms with Crippen molar-refractivity contribution >= 4 is 0 Å². The standard InChI is InChI=1S/C14H23N3O/c1-5-7-16(8-6-2)11-14-12(3)15-17(9-10-18)13(14)4/h5-6,18H,1-2,7-11H2,3-4H3. The van der Waals surface area contributed by atoms with E-state index in [1.807, 2.05) is 30.7 Å². The summed E-state index contributed by atoms with van der Waals surface area (Å²) in [6.45, 7) is 14.8. The van der Waals surface area contributed by atoms with E-state index in [1.54, 1.807) is 0 Å². The van der Waals surface area contributed by atoms with Gasteiger partial charge in [-0.2, -0.15) is 5.10 Å². The topological polar surface area (TPSA) is 41.3 Å². The smallest absolute Gasteiger partial charge is 0.0644 e. The van der Waals surface area contributed by atoms with Crippen molar-refractivity contribution in [2.75, 3.05) is 19.7 Å². The minimum Gasteiger partial charge on any atom is -0.394 e. The predicted molar refractivity (Wildman–Crippen MR) is 74.5 cm³/mol. The predicted octanol–water partition coefficient (Wildman–Crippen LogP) is 1.67. The number of aryl methyl sites for hydroxylation is 1. The summed E-state index contributed by atoms with van der Waals surface area (Å²) in [4.78, 5) is 2.25. The van der Waals surface area contributed by atoms with Crippen molar-refractivity contribution in [3.05, 3.63) is 42.3 Å². The lowest BCUT2D eigenvalue weighted by Gasteiger charge is -2.18. The molecule has 0 atom stereocenters. The Kier molecular flexibility index (Phi) is 5.82. The molecule has 18 heavy (non-hydrogen) atoms. The van der Waals surface area contributed by atoms with Crippen molar-refractivity contribution in [3.63, 3.8) is 0 Å². The number of hydrogen-bond donors (Lipinski definition) is 1. The van der Waals surface area contributed by atoms with Crippen molar-refractivity contribution in [3.8, 4) is 0 Å². The molecule has 0 bridgehead atoms. The average molecular weight is 249 g/mol. The molecule has 100 valence electrons. The van der Waals surface area contributed by atoms with E-state index in [1.165, 1.54) is 5.56 Å². The van der Waals surface area contributed by atoms with Gasteiger partial charge in [-0.25, -0.2) is 0 Å². The van der Waals surface area contributed by atoms with Crippen LogP contribution in [0.3, 0.4) is 0 Å². The van der Waals surface area contributed by atoms with Crippen LogP contribution >= 0.6 is 0 Å². The summed E-state index contributed by atoms with van der Waals surface area (Å²) in [6.07, 6.45) is 3.79. The van der Waals surface area contributed by atoms with Gasteiger partial charge in [0.05, 0.1) is 18.8 Å². The SMILES string of the molecule is C=CCN(CC=C)Cc1c(C)nn(CCO)c1C. The minimum atomic E-state index is 0.116. The molecule has 1 aromatic heterocycles. The molecule has 0 aromatic carbocycles. The Morgan fingerprint density at radius 1 is 1.28 bits per heavy atom. The average Bonchev–Trinajstić information content (AvgIpc) is 2.58. The first-order valence-corrected chi connectivity index (χ1v) is 6.21. The normalized spacial score (nSPS) is 10.9. The van der Waals surface area contributed by atoms with Crippen LogP contribution in [0.2, 0.25) is 0 Å². The van der Waals surface area contributed by atoms with E-state index in [4.69, 9.17) is 5.11 Å². The number of rotatable bonds is 8. The number of aliphatic hydroxyl groups excluding tert-OH is 1. The molecule has 0 aliphatic heterocycles. The number of aromatic nitrogens is 2. The maximum absolute atomic E-state index is 9.00. The molecule has 0 amide bonds. The zero-order valence-corrected chi connectivity index (χ0v) is 11.4. The first kappa shape index (κ1) is 14.7. The molecular formula is C14H23N3O. The molecule has 4 nitrogen and oxygen atoms in total. The number of aliphatic hydroxyl groups is 1. The second-order valence-electron chi connectivity index (χ2n) is 4.37. The van der Waals surface area contributed by atoms with E-state index in [9.17, 15) is 0 Å². The van der Waals surface area contributed by atoms with Crippen LogP contribution in [0.5, 0.6) is 0 Å². The fourth-order valence-electron chi connectivity index (χ4n) is 2.07. The van der Waals surface area contributed by atoms with Gasteiger partial charge in [0, 0.05) is 30.9 Å². The first-order valence-electron chi connectivity index (χ1n) is 6.21. The Labute approximate surface area is 109 Å². The molecule has 1 N–H and O–H groups in total. The Balaban J connectivity index is 2.87. The number of nitrogens with zero attached hydrogens (tertiary/aromatic N) is 3. The molecule has 0 saturated heterocycles. The monoisotopic (exact) mass is 249 g/mol. The van der Waals surface area contributed by atoms with E-state index >= 15 is 0 Å². The van der Waals surface area contributed by atoms with Gasteiger partial charge >= 0.3 is 0 Å². The molecule has 0 unspecified atom stereocenters. The molecule has 4 heteroatoms. The summed E-state index contributed by atoms with van der Waals surface area (Å²) in [7, 11) is 0. The summed E-state index contributed by atoms with van der Waals surface area (Å²) in [5.41, 5.74) is 3.38. The van der Waals surface area contributed by atoms with Gasteiger partial charge in [0.25, 0.3) is 0 Å². The lowest BCUT2D eigenvalue weighted by molar-refractivity contribution is 0.267. The van der Waals surface area contributed by atoms with Crippen LogP contribution in [-0.4, -0.2) is 39.5 Å². The fourth-order valence-corrected chi connectivity index (χ4v) is 2.07. The van der Waals surface area contributed by atoms with Crippen LogP contribution in [-0.2, 0) is 13.1 Å². The lowest BCUT2D eigenvalue weighted by Crippen LogP contribution is -2.24. The molecule has 0 fully saturated rings. The van der Waals surface area contributed by atoms with Gasteiger partial charge in [-0.05, 0) is 13.8 Å². The van der Waals surface area contributed by atoms with Crippen LogP contribution < -0.4 is 0 Å². The highest BCUT2D eigenvalue weighted by molar-refractivity contribution is 5.24. The highest BCUT2D eigenvalue weighted by atomic mass is 16.3. The van der Waals surface area contributed by atoms with Gasteiger partial charge in [0.2, 0.25) is 0 Å². The van der Waals surface area contributed by atoms with Gasteiger partial charge in [0.1, 0.15) is 0 Å². The van der Waals surface area contributed by atoms with Crippen LogP contribution in [0.1, 0.15) is 17.0 Å². The Morgan fingerprint density at radius 3 is 2.39 bits per heavy atom. The molecule has 0 aliphatic carbocycles. The van der Waals surface area contributed by atoms with E-state index in [-0.39, 0.29) is 6.61 Å². The summed E-state index contributed by atoms with van der Waals surface area (Å²) >= 11 is 0. The van der Waals surface area contributed by atoms with Gasteiger partial charge in [-0.15, -0.1) is 13.2 Å². The van der Waals surface area contributed by atoms with Gasteiger partial charge in [-0.1, -0.05) is 12.2 Å². The minimum absolute atomic E-state index is 0.116. The quantitative estimate of drug-likeness (QED) is 0.713. The highest BCUT2D eigenvalue weighted by Gasteiger charge is 2.13. The van der Waals surface area contributed by atoms with E-state index in [2.05, 4.69) is 23.2 Å². The summed E-state index contributed by atoms with van der Waals surface area (Å²) in [5, 5.41) is 13.4. The fraction of sp³-hybridized carbons (Fsp3) is 0.500. The Hall–Kier alpha value is -1.39. The van der Waals surface area contributed by atoms with Crippen LogP contribution in [0.4, 0.5) is 0 Å². The molecule has 0 aliphatic rings. The Bertz CT molecular complexity index is 399. The van der Waals surface area contributed by atoms with Crippen LogP contribution in [0.25, 0.3) is 0 Å². The summed E-state index contributed by atoms with van der Waals surface area (Å²) in [6, 6.07) is 0. The van der Waals surface area contributed by atoms with E-state index < -0.39 is 0 Å². The van der Waals surface area contributed by atoms with Crippen molar-refractivity contribution < 1.29 is 5.11 Å². The molecule has 0 saturated carbocycles. The van der Waals surface area contributed by atoms with Crippen molar-refractivity contribution in [2.45, 2.75) is 26.9 Å². The van der Waals surface area contributed by atoms with Crippen molar-refractivity contribution in [1.82, 2.24) is 14.7 Å². The molecule has 1 rings (SSSR count). The lowest BCUT2D eigenvalue weighted by atomic mass is 10.2. The second kappa shape index (κ2) is 7.13. The van der Waals surface area contributed by atoms with Crippen molar-refractivity contribution in [2.24, 2.45) is 0 Å². The molecule has 1 aromatic rings. The molecular weight excluding hydrogens is 226 g/mol. The second-order valence-corrected chi connectivity index (χ2v) is 4.37. The maximum atomic E-state index is 9.00. The highest BCUT2D eigenvalue weighted by Crippen LogP contribution is 2.15. The molecule has 0 radical (unpaired) electrons. The van der Waals surface area contributed by atoms with Crippen LogP contribution in [0, 0.1) is 13.8 Å². The van der Waals surface area contributed by atoms with E-state index in [0.29, 0.717) is 6.54 Å². The number of hydrogen-bond acceptors (Lipinski definition) is 3. The molecule has 0 spiro atoms. The van der Waals surface area contributed by atoms with Gasteiger partial charge in [0.15, 0.2) is 0 Å². The largest absolute Gasteiger partial charge is 0.394 e. The zero-order chi connectivity index (χ0) is 13.5. The first-order chi connectivity index (χ1) is 8.63. The third-order valence-corrected chi connectivity index (χ3v) is 3.00. The third kappa shape index (κ3) is 3.55. The maximum Gasteiger partial charge on any atom is 0.0644 e. The molecule has 1 heterocycles. The van der Waals surface area contributed by atoms with Gasteiger partial charge < -0.3 is 5.11 Å².